The van der Waals surface area contributed by atoms with Crippen LogP contribution in [-0.4, -0.2) is 5.92 Å². The number of rotatable bonds is 6. The summed E-state index contributed by atoms with van der Waals surface area (Å²) in [4.78, 5) is 0. The lowest BCUT2D eigenvalue weighted by Crippen LogP contribution is -2.38. The summed E-state index contributed by atoms with van der Waals surface area (Å²) in [5, 5.41) is 0. The number of alkyl halides is 2. The molecule has 0 N–H and O–H groups in total. The predicted molar refractivity (Wildman–Crippen MR) is 106 cm³/mol. The highest BCUT2D eigenvalue weighted by Gasteiger charge is 2.46. The van der Waals surface area contributed by atoms with E-state index < -0.39 is 17.9 Å². The fourth-order valence-electron chi connectivity index (χ4n) is 5.23. The van der Waals surface area contributed by atoms with Gasteiger partial charge in [-0.3, -0.25) is 0 Å². The number of benzene rings is 1. The van der Waals surface area contributed by atoms with Crippen molar-refractivity contribution in [1.29, 1.82) is 0 Å². The van der Waals surface area contributed by atoms with Gasteiger partial charge in [-0.1, -0.05) is 37.6 Å². The normalized spacial score (nSPS) is 30.0. The highest BCUT2D eigenvalue weighted by atomic mass is 19.3. The molecule has 0 radical (unpaired) electrons. The zero-order valence-electron chi connectivity index (χ0n) is 16.8. The molecule has 0 bridgehead atoms. The highest BCUT2D eigenvalue weighted by molar-refractivity contribution is 5.26. The molecule has 156 valence electrons. The molecule has 2 saturated carbocycles. The Morgan fingerprint density at radius 2 is 1.61 bits per heavy atom. The van der Waals surface area contributed by atoms with E-state index in [-0.39, 0.29) is 18.8 Å². The van der Waals surface area contributed by atoms with Gasteiger partial charge < -0.3 is 0 Å². The number of hydrogen-bond acceptors (Lipinski definition) is 0. The van der Waals surface area contributed by atoms with E-state index in [0.29, 0.717) is 24.3 Å². The van der Waals surface area contributed by atoms with Gasteiger partial charge in [0.2, 0.25) is 0 Å². The van der Waals surface area contributed by atoms with Crippen molar-refractivity contribution in [2.45, 2.75) is 83.0 Å². The summed E-state index contributed by atoms with van der Waals surface area (Å²) in [5.74, 6) is -3.49. The molecule has 0 nitrogen and oxygen atoms in total. The van der Waals surface area contributed by atoms with Gasteiger partial charge >= 0.3 is 0 Å². The van der Waals surface area contributed by atoms with Crippen LogP contribution in [0, 0.1) is 17.8 Å². The molecule has 2 aliphatic carbocycles. The monoisotopic (exact) mass is 396 g/mol. The van der Waals surface area contributed by atoms with E-state index in [1.807, 2.05) is 0 Å². The quantitative estimate of drug-likeness (QED) is 0.426. The van der Waals surface area contributed by atoms with Crippen molar-refractivity contribution >= 4 is 0 Å². The van der Waals surface area contributed by atoms with E-state index >= 15 is 0 Å². The van der Waals surface area contributed by atoms with Gasteiger partial charge in [0.25, 0.3) is 12.0 Å². The Labute approximate surface area is 166 Å². The Bertz CT molecular complexity index is 637. The van der Waals surface area contributed by atoms with Crippen molar-refractivity contribution in [3.05, 3.63) is 47.5 Å². The predicted octanol–water partition coefficient (Wildman–Crippen LogP) is 8.14. The van der Waals surface area contributed by atoms with Gasteiger partial charge in [0.15, 0.2) is 0 Å². The van der Waals surface area contributed by atoms with E-state index in [2.05, 4.69) is 31.2 Å². The fraction of sp³-hybridized carbons (Fsp3) is 0.667. The molecular formula is C24H32F4. The summed E-state index contributed by atoms with van der Waals surface area (Å²) in [6, 6.07) is 8.95. The largest absolute Gasteiger partial charge is 0.266 e. The standard InChI is InChI=1S/C24H32F4/c1-2-3-4-17-5-7-18(8-6-17)19-9-11-20(12-10-19)21-13-14-22(15-23(25)26)24(27,28)16-21/h5-8,15,19-22H,2-4,9-14,16H2,1H3. The third-order valence-corrected chi connectivity index (χ3v) is 6.96. The fourth-order valence-corrected chi connectivity index (χ4v) is 5.23. The lowest BCUT2D eigenvalue weighted by Gasteiger charge is -2.40. The SMILES string of the molecule is CCCCc1ccc(C2CCC(C3CCC(C=C(F)F)C(F)(F)C3)CC2)cc1. The average Bonchev–Trinajstić information content (AvgIpc) is 2.68. The van der Waals surface area contributed by atoms with E-state index in [1.54, 1.807) is 0 Å². The Balaban J connectivity index is 1.52. The molecule has 2 unspecified atom stereocenters. The van der Waals surface area contributed by atoms with E-state index in [1.165, 1.54) is 24.0 Å². The Morgan fingerprint density at radius 1 is 0.964 bits per heavy atom. The average molecular weight is 397 g/mol. The van der Waals surface area contributed by atoms with Crippen molar-refractivity contribution in [3.63, 3.8) is 0 Å². The van der Waals surface area contributed by atoms with Crippen LogP contribution in [-0.2, 0) is 6.42 Å². The molecule has 0 aromatic heterocycles. The molecule has 1 aromatic carbocycles. The first-order valence-corrected chi connectivity index (χ1v) is 10.9. The zero-order valence-corrected chi connectivity index (χ0v) is 16.8. The molecule has 0 spiro atoms. The summed E-state index contributed by atoms with van der Waals surface area (Å²) in [5.41, 5.74) is 2.76. The number of aryl methyl sites for hydroxylation is 1. The minimum absolute atomic E-state index is 0.0281. The van der Waals surface area contributed by atoms with Crippen LogP contribution in [0.5, 0.6) is 0 Å². The summed E-state index contributed by atoms with van der Waals surface area (Å²) in [7, 11) is 0. The second-order valence-corrected chi connectivity index (χ2v) is 8.82. The van der Waals surface area contributed by atoms with Gasteiger partial charge in [0.1, 0.15) is 0 Å². The first-order valence-electron chi connectivity index (χ1n) is 10.9. The molecule has 2 fully saturated rings. The van der Waals surface area contributed by atoms with Crippen molar-refractivity contribution < 1.29 is 17.6 Å². The van der Waals surface area contributed by atoms with Crippen molar-refractivity contribution in [3.8, 4) is 0 Å². The molecular weight excluding hydrogens is 364 g/mol. The summed E-state index contributed by atoms with van der Waals surface area (Å²) in [6.45, 7) is 2.20. The Kier molecular flexibility index (Phi) is 7.22. The molecule has 0 amide bonds. The molecule has 0 aliphatic heterocycles. The number of allylic oxidation sites excluding steroid dienone is 1. The number of hydrogen-bond donors (Lipinski definition) is 0. The highest BCUT2D eigenvalue weighted by Crippen LogP contribution is 2.49. The molecule has 2 atom stereocenters. The van der Waals surface area contributed by atoms with Crippen LogP contribution in [0.2, 0.25) is 0 Å². The molecule has 1 aromatic rings. The lowest BCUT2D eigenvalue weighted by molar-refractivity contribution is -0.0965. The maximum Gasteiger partial charge on any atom is 0.266 e. The zero-order chi connectivity index (χ0) is 20.1. The van der Waals surface area contributed by atoms with Crippen LogP contribution < -0.4 is 0 Å². The van der Waals surface area contributed by atoms with Gasteiger partial charge in [0, 0.05) is 12.3 Å². The maximum atomic E-state index is 14.3. The minimum Gasteiger partial charge on any atom is -0.206 e. The van der Waals surface area contributed by atoms with Crippen LogP contribution >= 0.6 is 0 Å². The van der Waals surface area contributed by atoms with E-state index in [9.17, 15) is 17.6 Å². The Hall–Kier alpha value is -1.32. The van der Waals surface area contributed by atoms with Crippen LogP contribution in [0.25, 0.3) is 0 Å². The molecule has 3 rings (SSSR count). The number of halogens is 4. The van der Waals surface area contributed by atoms with Crippen LogP contribution in [0.3, 0.4) is 0 Å². The molecule has 28 heavy (non-hydrogen) atoms. The molecule has 2 aliphatic rings. The second kappa shape index (κ2) is 9.45. The summed E-state index contributed by atoms with van der Waals surface area (Å²) < 4.78 is 53.5. The third kappa shape index (κ3) is 5.39. The van der Waals surface area contributed by atoms with Crippen molar-refractivity contribution in [2.75, 3.05) is 0 Å². The van der Waals surface area contributed by atoms with Crippen molar-refractivity contribution in [1.82, 2.24) is 0 Å². The molecule has 0 saturated heterocycles. The molecule has 0 heterocycles. The summed E-state index contributed by atoms with van der Waals surface area (Å²) >= 11 is 0. The van der Waals surface area contributed by atoms with Gasteiger partial charge in [0.05, 0.1) is 0 Å². The third-order valence-electron chi connectivity index (χ3n) is 6.96. The first kappa shape index (κ1) is 21.4. The van der Waals surface area contributed by atoms with Gasteiger partial charge in [-0.05, 0) is 86.3 Å². The topological polar surface area (TPSA) is 0 Å². The van der Waals surface area contributed by atoms with E-state index in [4.69, 9.17) is 0 Å². The van der Waals surface area contributed by atoms with Gasteiger partial charge in [-0.25, -0.2) is 8.78 Å². The van der Waals surface area contributed by atoms with E-state index in [0.717, 1.165) is 32.1 Å². The van der Waals surface area contributed by atoms with Crippen LogP contribution in [0.4, 0.5) is 17.6 Å². The van der Waals surface area contributed by atoms with Crippen LogP contribution in [0.1, 0.15) is 81.8 Å². The van der Waals surface area contributed by atoms with Crippen molar-refractivity contribution in [2.24, 2.45) is 17.8 Å². The maximum absolute atomic E-state index is 14.3. The van der Waals surface area contributed by atoms with Crippen LogP contribution in [0.15, 0.2) is 36.4 Å². The number of unbranched alkanes of at least 4 members (excludes halogenated alkanes) is 1. The second-order valence-electron chi connectivity index (χ2n) is 8.82. The smallest absolute Gasteiger partial charge is 0.206 e. The molecule has 4 heteroatoms. The first-order chi connectivity index (χ1) is 13.4. The minimum atomic E-state index is -3.00. The summed E-state index contributed by atoms with van der Waals surface area (Å²) in [6.07, 6.45) is 6.65. The Morgan fingerprint density at radius 3 is 2.18 bits per heavy atom. The lowest BCUT2D eigenvalue weighted by atomic mass is 9.67. The van der Waals surface area contributed by atoms with Gasteiger partial charge in [-0.15, -0.1) is 0 Å². The van der Waals surface area contributed by atoms with Gasteiger partial charge in [-0.2, -0.15) is 8.78 Å².